The molecule has 118 valence electrons. The minimum atomic E-state index is -3.66. The fourth-order valence-electron chi connectivity index (χ4n) is 19.3. The van der Waals surface area contributed by atoms with Crippen molar-refractivity contribution < 1.29 is 16.1 Å². The standard InChI is InChI=1S/C13H11O.C7H7O.Fe/c1-10(14)12-7-4-8-13(9-12)11-5-2-3-6-11;1-6(8)7-4-2-3-5-7;/h2-9H,1H3;2-5H,1H3;. The van der Waals surface area contributed by atoms with Gasteiger partial charge in [-0.05, 0) is 0 Å². The molecule has 23 heavy (non-hydrogen) atoms. The zero-order valence-electron chi connectivity index (χ0n) is 13.1. The van der Waals surface area contributed by atoms with Crippen molar-refractivity contribution in [1.82, 2.24) is 0 Å². The van der Waals surface area contributed by atoms with E-state index in [9.17, 15) is 9.59 Å². The van der Waals surface area contributed by atoms with E-state index < -0.39 is 6.51 Å². The van der Waals surface area contributed by atoms with Crippen molar-refractivity contribution in [2.45, 2.75) is 61.0 Å². The fraction of sp³-hybridized carbons (Fsp3) is 0.600. The van der Waals surface area contributed by atoms with Crippen LogP contribution in [0.3, 0.4) is 0 Å². The molecule has 10 heterocycles. The quantitative estimate of drug-likeness (QED) is 0.590. The molecule has 0 aromatic heterocycles. The zero-order chi connectivity index (χ0) is 15.1. The van der Waals surface area contributed by atoms with Crippen LogP contribution in [0.1, 0.15) is 29.8 Å². The van der Waals surface area contributed by atoms with E-state index >= 15 is 0 Å². The van der Waals surface area contributed by atoms with Gasteiger partial charge in [0.2, 0.25) is 0 Å². The second-order valence-electron chi connectivity index (χ2n) is 12.5. The summed E-state index contributed by atoms with van der Waals surface area (Å²) in [5.41, 5.74) is 2.44. The van der Waals surface area contributed by atoms with E-state index in [4.69, 9.17) is 0 Å². The summed E-state index contributed by atoms with van der Waals surface area (Å²) in [6, 6.07) is 8.72. The Labute approximate surface area is 124 Å². The molecule has 0 amide bonds. The summed E-state index contributed by atoms with van der Waals surface area (Å²) in [5.74, 6) is 0.825. The molecule has 1 aromatic carbocycles. The molecule has 1 spiro atoms. The maximum atomic E-state index is 12.9. The van der Waals surface area contributed by atoms with Gasteiger partial charge in [-0.1, -0.05) is 0 Å². The number of fused-ring (bicyclic) bond motifs is 10. The Bertz CT molecular complexity index is 1430. The molecule has 10 fully saturated rings. The third-order valence-electron chi connectivity index (χ3n) is 17.1. The van der Waals surface area contributed by atoms with Crippen molar-refractivity contribution in [3.63, 3.8) is 0 Å². The maximum absolute atomic E-state index is 12.9. The topological polar surface area (TPSA) is 34.1 Å². The predicted octanol–water partition coefficient (Wildman–Crippen LogP) is 4.64. The van der Waals surface area contributed by atoms with Crippen LogP contribution in [0.4, 0.5) is 0 Å². The van der Waals surface area contributed by atoms with Crippen LogP contribution in [0.5, 0.6) is 0 Å². The predicted molar refractivity (Wildman–Crippen MR) is 81.5 cm³/mol. The van der Waals surface area contributed by atoms with Gasteiger partial charge < -0.3 is 0 Å². The summed E-state index contributed by atoms with van der Waals surface area (Å²) in [7, 11) is 0. The van der Waals surface area contributed by atoms with Crippen LogP contribution >= 0.6 is 0 Å². The first kappa shape index (κ1) is 9.53. The first-order valence-corrected chi connectivity index (χ1v) is 15.3. The molecule has 0 bridgehead atoms. The fourth-order valence-corrected chi connectivity index (χ4v) is 95.8. The molecule has 0 N–H and O–H groups in total. The number of hydrogen-bond donors (Lipinski definition) is 0. The van der Waals surface area contributed by atoms with Crippen LogP contribution in [0.25, 0.3) is 0 Å². The third-order valence-corrected chi connectivity index (χ3v) is 59.9. The summed E-state index contributed by atoms with van der Waals surface area (Å²) in [4.78, 5) is 33.3. The number of carbonyl (C=O) groups excluding carboxylic acids is 2. The zero-order valence-corrected chi connectivity index (χ0v) is 14.2. The van der Waals surface area contributed by atoms with E-state index in [1.54, 1.807) is 6.92 Å². The Morgan fingerprint density at radius 1 is 0.957 bits per heavy atom. The van der Waals surface area contributed by atoms with E-state index in [1.807, 2.05) is 13.0 Å². The van der Waals surface area contributed by atoms with E-state index in [1.165, 1.54) is 5.56 Å². The third kappa shape index (κ3) is 0.122. The van der Waals surface area contributed by atoms with Crippen LogP contribution in [-0.4, -0.2) is 11.6 Å². The molecule has 0 radical (unpaired) electrons. The summed E-state index contributed by atoms with van der Waals surface area (Å²) in [6.45, 7) is -0.0137. The van der Waals surface area contributed by atoms with Gasteiger partial charge in [0.05, 0.1) is 0 Å². The van der Waals surface area contributed by atoms with Crippen LogP contribution < -0.4 is 0 Å². The molecule has 10 aliphatic rings. The van der Waals surface area contributed by atoms with Crippen LogP contribution in [0.15, 0.2) is 24.3 Å². The number of carbonyl (C=O) groups is 2. The molecule has 8 atom stereocenters. The first-order chi connectivity index (χ1) is 10.8. The molecule has 8 unspecified atom stereocenters. The van der Waals surface area contributed by atoms with Crippen LogP contribution in [0.2, 0.25) is 42.8 Å². The summed E-state index contributed by atoms with van der Waals surface area (Å²) in [5, 5.41) is 0. The molecule has 10 aliphatic heterocycles. The Hall–Kier alpha value is -0.921. The summed E-state index contributed by atoms with van der Waals surface area (Å²) in [6.07, 6.45) is 0. The summed E-state index contributed by atoms with van der Waals surface area (Å²) >= 11 is 0. The van der Waals surface area contributed by atoms with Crippen molar-refractivity contribution in [2.24, 2.45) is 0 Å². The van der Waals surface area contributed by atoms with Gasteiger partial charge in [0, 0.05) is 0 Å². The van der Waals surface area contributed by atoms with Gasteiger partial charge in [-0.25, -0.2) is 0 Å². The second kappa shape index (κ2) is 0.921. The van der Waals surface area contributed by atoms with E-state index in [2.05, 4.69) is 18.2 Å². The normalized spacial score (nSPS) is 94.0. The van der Waals surface area contributed by atoms with Gasteiger partial charge in [-0.3, -0.25) is 0 Å². The number of Topliss-reactive ketones (excluding diaryl/α,β-unsaturated/α-hetero) is 2. The molecular weight excluding hydrogens is 328 g/mol. The molecule has 2 nitrogen and oxygen atoms in total. The summed E-state index contributed by atoms with van der Waals surface area (Å²) < 4.78 is 0.853. The Balaban J connectivity index is 1.41. The van der Waals surface area contributed by atoms with Crippen LogP contribution in [-0.2, 0) is 15.6 Å². The van der Waals surface area contributed by atoms with Crippen molar-refractivity contribution in [1.29, 1.82) is 0 Å². The van der Waals surface area contributed by atoms with Crippen molar-refractivity contribution in [3.05, 3.63) is 35.4 Å². The van der Waals surface area contributed by atoms with E-state index in [0.717, 1.165) is 44.1 Å². The molecular formula is C20H18FeO2. The van der Waals surface area contributed by atoms with Crippen molar-refractivity contribution >= 4 is 11.6 Å². The number of ketones is 2. The SMILES string of the molecule is CC(=O)c1cccc([C]23[CH]4[CH]5[CH]6[CH]2[Fe]56432789[CH]3[CH]2[CH]7[C]8(C(C)=O)[CH]39)c1. The molecule has 3 heteroatoms. The van der Waals surface area contributed by atoms with E-state index in [0.29, 0.717) is 14.4 Å². The Kier molecular flexibility index (Phi) is 0.382. The average molecular weight is 346 g/mol. The Morgan fingerprint density at radius 3 is 2.00 bits per heavy atom. The van der Waals surface area contributed by atoms with Crippen molar-refractivity contribution in [2.75, 3.05) is 0 Å². The molecule has 10 saturated heterocycles. The second-order valence-corrected chi connectivity index (χ2v) is 35.7. The molecule has 1 aromatic rings. The van der Waals surface area contributed by atoms with E-state index in [-0.39, 0.29) is 5.78 Å². The number of benzene rings is 1. The number of hydrogen-bond acceptors (Lipinski definition) is 2. The molecule has 11 rings (SSSR count). The average Bonchev–Trinajstić information content (AvgIpc) is 3.46. The van der Waals surface area contributed by atoms with Crippen molar-refractivity contribution in [3.8, 4) is 0 Å². The van der Waals surface area contributed by atoms with Gasteiger partial charge >= 0.3 is 124 Å². The first-order valence-electron chi connectivity index (χ1n) is 9.12. The monoisotopic (exact) mass is 346 g/mol. The van der Waals surface area contributed by atoms with Gasteiger partial charge in [-0.15, -0.1) is 0 Å². The number of rotatable bonds is 3. The molecule has 0 aliphatic carbocycles. The molecule has 0 saturated carbocycles. The Morgan fingerprint density at radius 2 is 1.57 bits per heavy atom. The minimum absolute atomic E-state index is 0.194. The van der Waals surface area contributed by atoms with Gasteiger partial charge in [0.1, 0.15) is 0 Å². The van der Waals surface area contributed by atoms with Gasteiger partial charge in [0.15, 0.2) is 0 Å². The van der Waals surface area contributed by atoms with Gasteiger partial charge in [-0.2, -0.15) is 0 Å². The van der Waals surface area contributed by atoms with Crippen LogP contribution in [0, 0.1) is 0 Å². The van der Waals surface area contributed by atoms with Gasteiger partial charge in [0.25, 0.3) is 0 Å².